The van der Waals surface area contributed by atoms with Gasteiger partial charge in [0.1, 0.15) is 0 Å². The van der Waals surface area contributed by atoms with Gasteiger partial charge in [-0.2, -0.15) is 0 Å². The lowest BCUT2D eigenvalue weighted by Crippen LogP contribution is -2.07. The number of rotatable bonds is 6. The lowest BCUT2D eigenvalue weighted by Gasteiger charge is -2.19. The maximum Gasteiger partial charge on any atom is 0.0500 e. The minimum Gasteiger partial charge on any atom is -0.384 e. The first kappa shape index (κ1) is 24.8. The molecule has 8 aromatic rings. The molecule has 0 fully saturated rings. The van der Waals surface area contributed by atoms with Gasteiger partial charge in [0, 0.05) is 43.2 Å². The summed E-state index contributed by atoms with van der Waals surface area (Å²) in [5.41, 5.74) is 7.72. The molecule has 8 rings (SSSR count). The Bertz CT molecular complexity index is 2170. The SMILES string of the molecule is c1ccc(-c2c3ccccc3c(NCCc3ccccc3-c3ccc4sc5ccccc5c4c3)c3ccccc23)cc1. The summed E-state index contributed by atoms with van der Waals surface area (Å²) in [6.45, 7) is 0.847. The summed E-state index contributed by atoms with van der Waals surface area (Å²) < 4.78 is 2.69. The van der Waals surface area contributed by atoms with Crippen molar-refractivity contribution in [2.45, 2.75) is 6.42 Å². The molecule has 0 saturated heterocycles. The summed E-state index contributed by atoms with van der Waals surface area (Å²) in [4.78, 5) is 0. The van der Waals surface area contributed by atoms with E-state index in [9.17, 15) is 0 Å². The van der Waals surface area contributed by atoms with Crippen LogP contribution in [0.5, 0.6) is 0 Å². The van der Waals surface area contributed by atoms with Crippen molar-refractivity contribution in [3.63, 3.8) is 0 Å². The van der Waals surface area contributed by atoms with E-state index in [0.717, 1.165) is 13.0 Å². The third-order valence-electron chi connectivity index (χ3n) is 8.40. The fourth-order valence-electron chi connectivity index (χ4n) is 6.47. The van der Waals surface area contributed by atoms with E-state index in [1.54, 1.807) is 0 Å². The van der Waals surface area contributed by atoms with Crippen molar-refractivity contribution < 1.29 is 0 Å². The maximum atomic E-state index is 3.89. The van der Waals surface area contributed by atoms with Crippen LogP contribution in [-0.4, -0.2) is 6.54 Å². The van der Waals surface area contributed by atoms with Gasteiger partial charge in [-0.25, -0.2) is 0 Å². The van der Waals surface area contributed by atoms with E-state index in [2.05, 4.69) is 151 Å². The molecule has 0 spiro atoms. The van der Waals surface area contributed by atoms with Gasteiger partial charge in [-0.3, -0.25) is 0 Å². The lowest BCUT2D eigenvalue weighted by atomic mass is 9.90. The van der Waals surface area contributed by atoms with E-state index in [-0.39, 0.29) is 0 Å². The fourth-order valence-corrected chi connectivity index (χ4v) is 7.56. The molecule has 1 aromatic heterocycles. The van der Waals surface area contributed by atoms with Gasteiger partial charge in [0.25, 0.3) is 0 Å². The Hall–Kier alpha value is -4.92. The second-order valence-corrected chi connectivity index (χ2v) is 11.9. The molecule has 0 saturated carbocycles. The number of benzene rings is 7. The Balaban J connectivity index is 1.16. The summed E-state index contributed by atoms with van der Waals surface area (Å²) in [5, 5.41) is 11.7. The smallest absolute Gasteiger partial charge is 0.0500 e. The maximum absolute atomic E-state index is 3.89. The molecule has 42 heavy (non-hydrogen) atoms. The van der Waals surface area contributed by atoms with Crippen LogP contribution in [-0.2, 0) is 6.42 Å². The normalized spacial score (nSPS) is 11.5. The summed E-state index contributed by atoms with van der Waals surface area (Å²) in [7, 11) is 0. The number of anilines is 1. The van der Waals surface area contributed by atoms with Crippen LogP contribution in [0.1, 0.15) is 5.56 Å². The van der Waals surface area contributed by atoms with Crippen LogP contribution in [0, 0.1) is 0 Å². The average Bonchev–Trinajstić information content (AvgIpc) is 3.43. The highest BCUT2D eigenvalue weighted by atomic mass is 32.1. The Morgan fingerprint density at radius 3 is 1.81 bits per heavy atom. The molecule has 0 radical (unpaired) electrons. The van der Waals surface area contributed by atoms with Crippen molar-refractivity contribution in [1.82, 2.24) is 0 Å². The van der Waals surface area contributed by atoms with Gasteiger partial charge in [0.15, 0.2) is 0 Å². The molecule has 7 aromatic carbocycles. The second kappa shape index (κ2) is 10.5. The Morgan fingerprint density at radius 1 is 0.452 bits per heavy atom. The first-order chi connectivity index (χ1) is 20.8. The molecule has 0 aliphatic heterocycles. The van der Waals surface area contributed by atoms with Crippen molar-refractivity contribution in [1.29, 1.82) is 0 Å². The van der Waals surface area contributed by atoms with E-state index in [1.807, 2.05) is 11.3 Å². The highest BCUT2D eigenvalue weighted by molar-refractivity contribution is 7.25. The van der Waals surface area contributed by atoms with Crippen LogP contribution in [0.25, 0.3) is 64.0 Å². The summed E-state index contributed by atoms with van der Waals surface area (Å²) in [5.74, 6) is 0. The summed E-state index contributed by atoms with van der Waals surface area (Å²) in [6.07, 6.45) is 0.932. The number of hydrogen-bond acceptors (Lipinski definition) is 2. The number of thiophene rings is 1. The van der Waals surface area contributed by atoms with Crippen molar-refractivity contribution in [3.8, 4) is 22.3 Å². The predicted octanol–water partition coefficient (Wildman–Crippen LogP) is 11.3. The van der Waals surface area contributed by atoms with Crippen molar-refractivity contribution >= 4 is 58.7 Å². The van der Waals surface area contributed by atoms with Gasteiger partial charge in [-0.15, -0.1) is 11.3 Å². The van der Waals surface area contributed by atoms with Gasteiger partial charge < -0.3 is 5.32 Å². The highest BCUT2D eigenvalue weighted by Crippen LogP contribution is 2.42. The molecule has 1 N–H and O–H groups in total. The molecule has 200 valence electrons. The van der Waals surface area contributed by atoms with Gasteiger partial charge in [-0.05, 0) is 63.2 Å². The van der Waals surface area contributed by atoms with Crippen molar-refractivity contribution in [2.75, 3.05) is 11.9 Å². The zero-order valence-electron chi connectivity index (χ0n) is 23.2. The quantitative estimate of drug-likeness (QED) is 0.201. The largest absolute Gasteiger partial charge is 0.384 e. The Kier molecular flexibility index (Phi) is 6.20. The molecule has 2 heteroatoms. The van der Waals surface area contributed by atoms with Crippen LogP contribution < -0.4 is 5.32 Å². The molecule has 0 bridgehead atoms. The first-order valence-electron chi connectivity index (χ1n) is 14.6. The van der Waals surface area contributed by atoms with E-state index in [4.69, 9.17) is 0 Å². The molecule has 0 aliphatic rings. The van der Waals surface area contributed by atoms with Gasteiger partial charge in [0.2, 0.25) is 0 Å². The number of nitrogens with one attached hydrogen (secondary N) is 1. The van der Waals surface area contributed by atoms with E-state index >= 15 is 0 Å². The molecule has 1 heterocycles. The van der Waals surface area contributed by atoms with E-state index in [0.29, 0.717) is 0 Å². The lowest BCUT2D eigenvalue weighted by molar-refractivity contribution is 1.03. The zero-order valence-corrected chi connectivity index (χ0v) is 24.0. The molecular weight excluding hydrogens is 527 g/mol. The van der Waals surface area contributed by atoms with Crippen LogP contribution in [0.3, 0.4) is 0 Å². The predicted molar refractivity (Wildman–Crippen MR) is 184 cm³/mol. The van der Waals surface area contributed by atoms with E-state index < -0.39 is 0 Å². The van der Waals surface area contributed by atoms with E-state index in [1.165, 1.54) is 75.2 Å². The molecule has 0 aliphatic carbocycles. The third-order valence-corrected chi connectivity index (χ3v) is 9.55. The second-order valence-electron chi connectivity index (χ2n) is 10.9. The Morgan fingerprint density at radius 2 is 1.05 bits per heavy atom. The topological polar surface area (TPSA) is 12.0 Å². The Labute approximate surface area is 249 Å². The molecular formula is C40H29NS. The van der Waals surface area contributed by atoms with Crippen molar-refractivity contribution in [3.05, 3.63) is 151 Å². The standard InChI is InChI=1S/C40H29NS/c1-2-13-28(14-3-1)39-32-17-6-8-19-34(32)40(35-20-9-7-18-33(35)39)41-25-24-27-12-4-5-15-30(27)29-22-23-38-36(26-29)31-16-10-11-21-37(31)42-38/h1-23,26,41H,24-25H2. The number of hydrogen-bond donors (Lipinski definition) is 1. The molecule has 0 atom stereocenters. The first-order valence-corrected chi connectivity index (χ1v) is 15.4. The summed E-state index contributed by atoms with van der Waals surface area (Å²) >= 11 is 1.87. The van der Waals surface area contributed by atoms with Crippen molar-refractivity contribution in [2.24, 2.45) is 0 Å². The third kappa shape index (κ3) is 4.24. The fraction of sp³-hybridized carbons (Fsp3) is 0.0500. The zero-order chi connectivity index (χ0) is 27.9. The molecule has 0 unspecified atom stereocenters. The molecule has 1 nitrogen and oxygen atoms in total. The average molecular weight is 556 g/mol. The van der Waals surface area contributed by atoms with Gasteiger partial charge in [0.05, 0.1) is 0 Å². The van der Waals surface area contributed by atoms with Gasteiger partial charge >= 0.3 is 0 Å². The summed E-state index contributed by atoms with van der Waals surface area (Å²) in [6, 6.07) is 52.9. The van der Waals surface area contributed by atoms with Crippen LogP contribution in [0.15, 0.2) is 146 Å². The molecule has 0 amide bonds. The van der Waals surface area contributed by atoms with Crippen LogP contribution >= 0.6 is 11.3 Å². The minimum absolute atomic E-state index is 0.847. The highest BCUT2D eigenvalue weighted by Gasteiger charge is 2.15. The van der Waals surface area contributed by atoms with Crippen LogP contribution in [0.2, 0.25) is 0 Å². The number of fused-ring (bicyclic) bond motifs is 5. The van der Waals surface area contributed by atoms with Gasteiger partial charge in [-0.1, -0.05) is 127 Å². The monoisotopic (exact) mass is 555 g/mol. The minimum atomic E-state index is 0.847. The van der Waals surface area contributed by atoms with Crippen LogP contribution in [0.4, 0.5) is 5.69 Å².